The Morgan fingerprint density at radius 3 is 1.45 bits per heavy atom. The molecule has 2 unspecified atom stereocenters. The van der Waals surface area contributed by atoms with E-state index in [0.29, 0.717) is 0 Å². The molecular weight excluding hydrogens is 296 g/mol. The van der Waals surface area contributed by atoms with Gasteiger partial charge in [-0.25, -0.2) is 0 Å². The lowest BCUT2D eigenvalue weighted by atomic mass is 9.61. The van der Waals surface area contributed by atoms with Crippen LogP contribution in [0.4, 0.5) is 0 Å². The standard InChI is InChI=1S/C14H26O8/c1-7(15)10(18)11(4,19)12(5,20)13(6,21)14(22,8(2)16)9(3)17/h7-8,15-16,19-22H,1-6H3/t7?,8?,11-,12+,13-,14-/m0/s1. The number of hydrogen-bond acceptors (Lipinski definition) is 8. The molecule has 130 valence electrons. The summed E-state index contributed by atoms with van der Waals surface area (Å²) in [6.45, 7) is 5.40. The molecule has 0 radical (unpaired) electrons. The maximum absolute atomic E-state index is 11.9. The highest BCUT2D eigenvalue weighted by atomic mass is 16.4. The number of hydrogen-bond donors (Lipinski definition) is 6. The summed E-state index contributed by atoms with van der Waals surface area (Å²) in [4.78, 5) is 23.7. The summed E-state index contributed by atoms with van der Waals surface area (Å²) in [6.07, 6.45) is -3.49. The predicted octanol–water partition coefficient (Wildman–Crippen LogP) is -2.11. The monoisotopic (exact) mass is 322 g/mol. The van der Waals surface area contributed by atoms with E-state index in [4.69, 9.17) is 0 Å². The molecule has 22 heavy (non-hydrogen) atoms. The molecule has 0 bridgehead atoms. The molecule has 0 aromatic heterocycles. The van der Waals surface area contributed by atoms with E-state index in [1.165, 1.54) is 0 Å². The van der Waals surface area contributed by atoms with Crippen molar-refractivity contribution in [2.24, 2.45) is 0 Å². The van der Waals surface area contributed by atoms with Gasteiger partial charge in [-0.15, -0.1) is 0 Å². The van der Waals surface area contributed by atoms with E-state index in [1.807, 2.05) is 0 Å². The Bertz CT molecular complexity index is 450. The topological polar surface area (TPSA) is 156 Å². The van der Waals surface area contributed by atoms with E-state index in [1.54, 1.807) is 0 Å². The van der Waals surface area contributed by atoms with Crippen LogP contribution in [-0.2, 0) is 9.59 Å². The van der Waals surface area contributed by atoms with Crippen LogP contribution in [0.25, 0.3) is 0 Å². The molecule has 0 saturated carbocycles. The fraction of sp³-hybridized carbons (Fsp3) is 0.857. The Morgan fingerprint density at radius 2 is 1.23 bits per heavy atom. The van der Waals surface area contributed by atoms with E-state index in [0.717, 1.165) is 41.5 Å². The predicted molar refractivity (Wildman–Crippen MR) is 75.9 cm³/mol. The summed E-state index contributed by atoms with van der Waals surface area (Å²) in [6, 6.07) is 0. The zero-order valence-electron chi connectivity index (χ0n) is 13.7. The molecule has 6 atom stereocenters. The first-order valence-corrected chi connectivity index (χ1v) is 6.80. The third-order valence-electron chi connectivity index (χ3n) is 4.64. The van der Waals surface area contributed by atoms with Gasteiger partial charge in [0.25, 0.3) is 0 Å². The number of carbonyl (C=O) groups is 2. The molecule has 8 heteroatoms. The van der Waals surface area contributed by atoms with Crippen LogP contribution in [-0.4, -0.2) is 76.8 Å². The average Bonchev–Trinajstić information content (AvgIpc) is 2.34. The minimum absolute atomic E-state index is 0.810. The number of ketones is 2. The van der Waals surface area contributed by atoms with E-state index < -0.39 is 46.2 Å². The lowest BCUT2D eigenvalue weighted by Gasteiger charge is -2.53. The minimum atomic E-state index is -2.86. The lowest BCUT2D eigenvalue weighted by Crippen LogP contribution is -2.78. The zero-order valence-corrected chi connectivity index (χ0v) is 13.7. The summed E-state index contributed by atoms with van der Waals surface area (Å²) < 4.78 is 0. The molecule has 0 aromatic carbocycles. The van der Waals surface area contributed by atoms with Crippen molar-refractivity contribution >= 4 is 11.6 Å². The Kier molecular flexibility index (Phi) is 5.71. The molecule has 0 amide bonds. The molecule has 0 fully saturated rings. The van der Waals surface area contributed by atoms with Crippen molar-refractivity contribution in [2.45, 2.75) is 76.2 Å². The van der Waals surface area contributed by atoms with Crippen LogP contribution in [0.5, 0.6) is 0 Å². The average molecular weight is 322 g/mol. The highest BCUT2D eigenvalue weighted by Crippen LogP contribution is 2.42. The van der Waals surface area contributed by atoms with Crippen LogP contribution >= 0.6 is 0 Å². The summed E-state index contributed by atoms with van der Waals surface area (Å²) in [5.74, 6) is -2.30. The second-order valence-electron chi connectivity index (χ2n) is 6.26. The molecule has 6 N–H and O–H groups in total. The number of carbonyl (C=O) groups excluding carboxylic acids is 2. The highest BCUT2D eigenvalue weighted by molar-refractivity contribution is 5.92. The molecule has 0 spiro atoms. The molecule has 8 nitrogen and oxygen atoms in total. The first kappa shape index (κ1) is 21.1. The largest absolute Gasteiger partial charge is 0.390 e. The van der Waals surface area contributed by atoms with Crippen LogP contribution in [0.1, 0.15) is 41.5 Å². The van der Waals surface area contributed by atoms with Gasteiger partial charge in [-0.3, -0.25) is 9.59 Å². The molecule has 0 heterocycles. The van der Waals surface area contributed by atoms with Crippen molar-refractivity contribution in [3.63, 3.8) is 0 Å². The van der Waals surface area contributed by atoms with E-state index in [-0.39, 0.29) is 0 Å². The van der Waals surface area contributed by atoms with Gasteiger partial charge in [0.05, 0.1) is 6.10 Å². The molecule has 0 rings (SSSR count). The fourth-order valence-electron chi connectivity index (χ4n) is 2.54. The Hall–Kier alpha value is -0.900. The van der Waals surface area contributed by atoms with E-state index in [9.17, 15) is 40.2 Å². The second kappa shape index (κ2) is 5.95. The van der Waals surface area contributed by atoms with Crippen molar-refractivity contribution < 1.29 is 40.2 Å². The number of aliphatic hydroxyl groups excluding tert-OH is 2. The fourth-order valence-corrected chi connectivity index (χ4v) is 2.54. The van der Waals surface area contributed by atoms with Crippen molar-refractivity contribution in [3.8, 4) is 0 Å². The molecule has 0 aromatic rings. The van der Waals surface area contributed by atoms with E-state index >= 15 is 0 Å². The SMILES string of the molecule is CC(=O)[C@@](O)(C(C)O)[C@@](C)(O)[C@](C)(O)[C@@](C)(O)C(=O)C(C)O. The zero-order chi connectivity index (χ0) is 18.3. The van der Waals surface area contributed by atoms with Gasteiger partial charge in [0, 0.05) is 0 Å². The Morgan fingerprint density at radius 1 is 0.864 bits per heavy atom. The highest BCUT2D eigenvalue weighted by Gasteiger charge is 2.68. The quantitative estimate of drug-likeness (QED) is 0.311. The van der Waals surface area contributed by atoms with Crippen LogP contribution in [0, 0.1) is 0 Å². The molecule has 0 aliphatic carbocycles. The van der Waals surface area contributed by atoms with Crippen LogP contribution in [0.15, 0.2) is 0 Å². The van der Waals surface area contributed by atoms with Crippen molar-refractivity contribution in [1.29, 1.82) is 0 Å². The summed E-state index contributed by atoms with van der Waals surface area (Å²) in [7, 11) is 0. The lowest BCUT2D eigenvalue weighted by molar-refractivity contribution is -0.285. The van der Waals surface area contributed by atoms with Crippen molar-refractivity contribution in [2.75, 3.05) is 0 Å². The summed E-state index contributed by atoms with van der Waals surface area (Å²) in [5.41, 5.74) is -11.2. The van der Waals surface area contributed by atoms with Gasteiger partial charge < -0.3 is 30.6 Å². The van der Waals surface area contributed by atoms with Gasteiger partial charge in [0.15, 0.2) is 22.8 Å². The van der Waals surface area contributed by atoms with Crippen LogP contribution < -0.4 is 0 Å². The second-order valence-corrected chi connectivity index (χ2v) is 6.26. The van der Waals surface area contributed by atoms with Gasteiger partial charge in [0.2, 0.25) is 0 Å². The maximum Gasteiger partial charge on any atom is 0.195 e. The summed E-state index contributed by atoms with van der Waals surface area (Å²) >= 11 is 0. The van der Waals surface area contributed by atoms with Gasteiger partial charge in [-0.05, 0) is 41.5 Å². The number of aliphatic hydroxyl groups is 6. The molecule has 0 aliphatic heterocycles. The molecule has 0 saturated heterocycles. The van der Waals surface area contributed by atoms with Gasteiger partial charge in [-0.2, -0.15) is 0 Å². The van der Waals surface area contributed by atoms with E-state index in [2.05, 4.69) is 0 Å². The van der Waals surface area contributed by atoms with Gasteiger partial charge in [0.1, 0.15) is 17.3 Å². The molecule has 0 aliphatic rings. The number of Topliss-reactive ketones (excluding diaryl/α,β-unsaturated/α-hetero) is 2. The maximum atomic E-state index is 11.9. The first-order valence-electron chi connectivity index (χ1n) is 6.80. The van der Waals surface area contributed by atoms with Crippen LogP contribution in [0.2, 0.25) is 0 Å². The number of rotatable bonds is 7. The normalized spacial score (nSPS) is 25.8. The van der Waals surface area contributed by atoms with Crippen molar-refractivity contribution in [1.82, 2.24) is 0 Å². The third-order valence-corrected chi connectivity index (χ3v) is 4.64. The Balaban J connectivity index is 6.27. The smallest absolute Gasteiger partial charge is 0.195 e. The van der Waals surface area contributed by atoms with Gasteiger partial charge >= 0.3 is 0 Å². The van der Waals surface area contributed by atoms with Gasteiger partial charge in [-0.1, -0.05) is 0 Å². The van der Waals surface area contributed by atoms with Crippen molar-refractivity contribution in [3.05, 3.63) is 0 Å². The third kappa shape index (κ3) is 2.70. The van der Waals surface area contributed by atoms with Crippen LogP contribution in [0.3, 0.4) is 0 Å². The minimum Gasteiger partial charge on any atom is -0.390 e. The molecular formula is C14H26O8. The summed E-state index contributed by atoms with van der Waals surface area (Å²) in [5, 5.41) is 60.9. The first-order chi connectivity index (χ1) is 9.49. The Labute approximate surface area is 129 Å².